The number of piperazine rings is 1. The number of aromatic nitrogens is 1. The Morgan fingerprint density at radius 2 is 2.35 bits per heavy atom. The standard InChI is InChI=1S/C16H27N3S/c1-4-12(2)15-8-18-16(3,13-5-6-13)10-19(15)9-14-7-17-11-20-14/h7,11-13,15,18H,4-6,8-10H2,1-3H3. The van der Waals surface area contributed by atoms with E-state index in [9.17, 15) is 0 Å². The molecule has 20 heavy (non-hydrogen) atoms. The molecular weight excluding hydrogens is 266 g/mol. The van der Waals surface area contributed by atoms with Crippen molar-refractivity contribution in [1.82, 2.24) is 15.2 Å². The molecule has 4 heteroatoms. The van der Waals surface area contributed by atoms with Crippen LogP contribution in [0.1, 0.15) is 44.9 Å². The molecule has 3 rings (SSSR count). The zero-order valence-corrected chi connectivity index (χ0v) is 13.7. The lowest BCUT2D eigenvalue weighted by atomic mass is 9.87. The first-order valence-corrected chi connectivity index (χ1v) is 8.87. The summed E-state index contributed by atoms with van der Waals surface area (Å²) < 4.78 is 0. The second-order valence-electron chi connectivity index (χ2n) is 6.90. The first-order valence-electron chi connectivity index (χ1n) is 7.99. The van der Waals surface area contributed by atoms with Gasteiger partial charge in [-0.1, -0.05) is 20.3 Å². The lowest BCUT2D eigenvalue weighted by Crippen LogP contribution is -2.64. The van der Waals surface area contributed by atoms with E-state index in [1.807, 2.05) is 11.7 Å². The molecular formula is C16H27N3S. The Balaban J connectivity index is 1.74. The molecule has 0 spiro atoms. The maximum Gasteiger partial charge on any atom is 0.0794 e. The van der Waals surface area contributed by atoms with Crippen molar-refractivity contribution in [1.29, 1.82) is 0 Å². The van der Waals surface area contributed by atoms with E-state index in [0.29, 0.717) is 11.6 Å². The molecule has 112 valence electrons. The van der Waals surface area contributed by atoms with E-state index in [1.165, 1.54) is 30.7 Å². The highest BCUT2D eigenvalue weighted by atomic mass is 32.1. The van der Waals surface area contributed by atoms with Gasteiger partial charge in [-0.2, -0.15) is 0 Å². The molecule has 1 aromatic rings. The van der Waals surface area contributed by atoms with Gasteiger partial charge >= 0.3 is 0 Å². The fraction of sp³-hybridized carbons (Fsp3) is 0.812. The Kier molecular flexibility index (Phi) is 4.16. The third-order valence-corrected chi connectivity index (χ3v) is 6.10. The first-order chi connectivity index (χ1) is 9.62. The molecule has 3 unspecified atom stereocenters. The predicted molar refractivity (Wildman–Crippen MR) is 84.9 cm³/mol. The topological polar surface area (TPSA) is 28.2 Å². The Labute approximate surface area is 126 Å². The number of thiazole rings is 1. The van der Waals surface area contributed by atoms with Crippen LogP contribution in [0.25, 0.3) is 0 Å². The Morgan fingerprint density at radius 1 is 1.55 bits per heavy atom. The Bertz CT molecular complexity index is 429. The third-order valence-electron chi connectivity index (χ3n) is 5.34. The van der Waals surface area contributed by atoms with Gasteiger partial charge in [-0.15, -0.1) is 11.3 Å². The summed E-state index contributed by atoms with van der Waals surface area (Å²) in [7, 11) is 0. The van der Waals surface area contributed by atoms with Crippen LogP contribution >= 0.6 is 11.3 Å². The number of nitrogens with zero attached hydrogens (tertiary/aromatic N) is 2. The van der Waals surface area contributed by atoms with Crippen LogP contribution in [-0.4, -0.2) is 34.6 Å². The van der Waals surface area contributed by atoms with E-state index in [0.717, 1.165) is 24.9 Å². The minimum Gasteiger partial charge on any atom is -0.308 e. The van der Waals surface area contributed by atoms with Crippen molar-refractivity contribution >= 4 is 11.3 Å². The van der Waals surface area contributed by atoms with Gasteiger partial charge in [0.05, 0.1) is 5.51 Å². The summed E-state index contributed by atoms with van der Waals surface area (Å²) in [4.78, 5) is 8.36. The van der Waals surface area contributed by atoms with Crippen LogP contribution in [0, 0.1) is 11.8 Å². The average Bonchev–Trinajstić information content (AvgIpc) is 3.19. The molecule has 1 aromatic heterocycles. The molecule has 0 amide bonds. The molecule has 1 saturated carbocycles. The van der Waals surface area contributed by atoms with Gasteiger partial charge in [-0.25, -0.2) is 0 Å². The summed E-state index contributed by atoms with van der Waals surface area (Å²) in [5.74, 6) is 1.64. The van der Waals surface area contributed by atoms with Gasteiger partial charge in [0, 0.05) is 42.3 Å². The molecule has 0 radical (unpaired) electrons. The maximum atomic E-state index is 4.24. The van der Waals surface area contributed by atoms with Crippen molar-refractivity contribution in [2.24, 2.45) is 11.8 Å². The van der Waals surface area contributed by atoms with Crippen LogP contribution < -0.4 is 5.32 Å². The van der Waals surface area contributed by atoms with Crippen molar-refractivity contribution in [2.45, 2.75) is 58.2 Å². The highest BCUT2D eigenvalue weighted by molar-refractivity contribution is 7.09. The van der Waals surface area contributed by atoms with Gasteiger partial charge in [0.15, 0.2) is 0 Å². The summed E-state index contributed by atoms with van der Waals surface area (Å²) in [5.41, 5.74) is 2.28. The fourth-order valence-corrected chi connectivity index (χ4v) is 4.20. The maximum absolute atomic E-state index is 4.24. The van der Waals surface area contributed by atoms with Crippen molar-refractivity contribution in [3.63, 3.8) is 0 Å². The van der Waals surface area contributed by atoms with Gasteiger partial charge in [-0.05, 0) is 31.6 Å². The smallest absolute Gasteiger partial charge is 0.0794 e. The highest BCUT2D eigenvalue weighted by Crippen LogP contribution is 2.42. The van der Waals surface area contributed by atoms with Crippen molar-refractivity contribution in [3.05, 3.63) is 16.6 Å². The SMILES string of the molecule is CCC(C)C1CNC(C)(C2CC2)CN1Cc1cncs1. The number of hydrogen-bond acceptors (Lipinski definition) is 4. The van der Waals surface area contributed by atoms with E-state index in [4.69, 9.17) is 0 Å². The Hall–Kier alpha value is -0.450. The van der Waals surface area contributed by atoms with E-state index < -0.39 is 0 Å². The molecule has 1 aliphatic carbocycles. The van der Waals surface area contributed by atoms with E-state index in [2.05, 4.69) is 36.0 Å². The van der Waals surface area contributed by atoms with Gasteiger partial charge in [0.1, 0.15) is 0 Å². The number of rotatable bonds is 5. The molecule has 2 heterocycles. The van der Waals surface area contributed by atoms with E-state index in [1.54, 1.807) is 11.3 Å². The summed E-state index contributed by atoms with van der Waals surface area (Å²) in [6, 6.07) is 0.661. The minimum atomic E-state index is 0.328. The van der Waals surface area contributed by atoms with Gasteiger partial charge < -0.3 is 5.32 Å². The van der Waals surface area contributed by atoms with Crippen LogP contribution in [0.15, 0.2) is 11.7 Å². The van der Waals surface area contributed by atoms with Crippen molar-refractivity contribution < 1.29 is 0 Å². The molecule has 2 fully saturated rings. The zero-order valence-electron chi connectivity index (χ0n) is 12.9. The summed E-state index contributed by atoms with van der Waals surface area (Å²) in [5, 5.41) is 3.88. The molecule has 1 N–H and O–H groups in total. The summed E-state index contributed by atoms with van der Waals surface area (Å²) in [6.07, 6.45) is 6.11. The molecule has 1 saturated heterocycles. The number of nitrogens with one attached hydrogen (secondary N) is 1. The summed E-state index contributed by atoms with van der Waals surface area (Å²) >= 11 is 1.79. The van der Waals surface area contributed by atoms with Crippen LogP contribution in [0.3, 0.4) is 0 Å². The normalized spacial score (nSPS) is 33.2. The van der Waals surface area contributed by atoms with Crippen LogP contribution in [0.4, 0.5) is 0 Å². The van der Waals surface area contributed by atoms with Gasteiger partial charge in [0.2, 0.25) is 0 Å². The first kappa shape index (κ1) is 14.5. The Morgan fingerprint density at radius 3 is 2.95 bits per heavy atom. The van der Waals surface area contributed by atoms with Crippen LogP contribution in [0.5, 0.6) is 0 Å². The lowest BCUT2D eigenvalue weighted by molar-refractivity contribution is 0.0420. The molecule has 1 aliphatic heterocycles. The largest absolute Gasteiger partial charge is 0.308 e. The van der Waals surface area contributed by atoms with Crippen LogP contribution in [0.2, 0.25) is 0 Å². The molecule has 3 atom stereocenters. The molecule has 3 nitrogen and oxygen atoms in total. The molecule has 0 bridgehead atoms. The second-order valence-corrected chi connectivity index (χ2v) is 7.87. The predicted octanol–water partition coefficient (Wildman–Crippen LogP) is 3.13. The minimum absolute atomic E-state index is 0.328. The van der Waals surface area contributed by atoms with Crippen molar-refractivity contribution in [2.75, 3.05) is 13.1 Å². The van der Waals surface area contributed by atoms with Crippen LogP contribution in [-0.2, 0) is 6.54 Å². The van der Waals surface area contributed by atoms with Gasteiger partial charge in [-0.3, -0.25) is 9.88 Å². The molecule has 0 aromatic carbocycles. The van der Waals surface area contributed by atoms with E-state index in [-0.39, 0.29) is 0 Å². The average molecular weight is 293 g/mol. The monoisotopic (exact) mass is 293 g/mol. The lowest BCUT2D eigenvalue weighted by Gasteiger charge is -2.48. The highest BCUT2D eigenvalue weighted by Gasteiger charge is 2.46. The van der Waals surface area contributed by atoms with E-state index >= 15 is 0 Å². The molecule has 2 aliphatic rings. The zero-order chi connectivity index (χ0) is 14.2. The van der Waals surface area contributed by atoms with Crippen molar-refractivity contribution in [3.8, 4) is 0 Å². The fourth-order valence-electron chi connectivity index (χ4n) is 3.58. The quantitative estimate of drug-likeness (QED) is 0.904. The summed E-state index contributed by atoms with van der Waals surface area (Å²) in [6.45, 7) is 10.5. The van der Waals surface area contributed by atoms with Gasteiger partial charge in [0.25, 0.3) is 0 Å². The number of hydrogen-bond donors (Lipinski definition) is 1. The third kappa shape index (κ3) is 2.92. The second kappa shape index (κ2) is 5.74.